The number of hydrogen-bond donors (Lipinski definition) is 0. The lowest BCUT2D eigenvalue weighted by Crippen LogP contribution is -2.60. The van der Waals surface area contributed by atoms with Crippen LogP contribution in [0.15, 0.2) is 39.9 Å². The number of rotatable bonds is 1. The first-order chi connectivity index (χ1) is 12.9. The van der Waals surface area contributed by atoms with Crippen LogP contribution in [-0.2, 0) is 4.74 Å². The fourth-order valence-corrected chi connectivity index (χ4v) is 5.80. The van der Waals surface area contributed by atoms with Crippen molar-refractivity contribution in [2.45, 2.75) is 57.4 Å². The highest BCUT2D eigenvalue weighted by molar-refractivity contribution is 9.10. The Bertz CT molecular complexity index is 938. The summed E-state index contributed by atoms with van der Waals surface area (Å²) in [6.45, 7) is 7.12. The molecule has 1 spiro atoms. The van der Waals surface area contributed by atoms with Gasteiger partial charge in [-0.1, -0.05) is 15.9 Å². The predicted molar refractivity (Wildman–Crippen MR) is 112 cm³/mol. The van der Waals surface area contributed by atoms with E-state index < -0.39 is 5.72 Å². The van der Waals surface area contributed by atoms with Gasteiger partial charge in [0.05, 0.1) is 28.8 Å². The lowest BCUT2D eigenvalue weighted by atomic mass is 9.86. The van der Waals surface area contributed by atoms with Crippen molar-refractivity contribution >= 4 is 33.0 Å². The third kappa shape index (κ3) is 2.93. The Morgan fingerprint density at radius 3 is 2.85 bits per heavy atom. The van der Waals surface area contributed by atoms with E-state index >= 15 is 0 Å². The molecule has 0 radical (unpaired) electrons. The summed E-state index contributed by atoms with van der Waals surface area (Å²) in [5.41, 5.74) is 1.71. The molecule has 0 saturated carbocycles. The second-order valence-corrected chi connectivity index (χ2v) is 10.5. The Hall–Kier alpha value is -1.37. The highest BCUT2D eigenvalue weighted by atomic mass is 79.9. The minimum absolute atomic E-state index is 0.206. The smallest absolute Gasteiger partial charge is 0.203 e. The highest BCUT2D eigenvalue weighted by Crippen LogP contribution is 2.52. The Morgan fingerprint density at radius 1 is 1.26 bits per heavy atom. The predicted octanol–water partition coefficient (Wildman–Crippen LogP) is 5.65. The van der Waals surface area contributed by atoms with Gasteiger partial charge in [-0.2, -0.15) is 5.10 Å². The maximum Gasteiger partial charge on any atom is 0.203 e. The van der Waals surface area contributed by atoms with Crippen LogP contribution in [0.25, 0.3) is 0 Å². The molecule has 3 aliphatic heterocycles. The van der Waals surface area contributed by atoms with Crippen molar-refractivity contribution in [1.82, 2.24) is 5.01 Å². The molecular weight excluding hydrogens is 424 g/mol. The van der Waals surface area contributed by atoms with Gasteiger partial charge in [-0.05, 0) is 51.1 Å². The lowest BCUT2D eigenvalue weighted by Gasteiger charge is -2.52. The maximum atomic E-state index is 6.68. The summed E-state index contributed by atoms with van der Waals surface area (Å²) in [5.74, 6) is 0.982. The second kappa shape index (κ2) is 6.06. The zero-order valence-corrected chi connectivity index (χ0v) is 18.2. The van der Waals surface area contributed by atoms with Gasteiger partial charge < -0.3 is 9.47 Å². The first-order valence-electron chi connectivity index (χ1n) is 9.41. The molecule has 1 aromatic heterocycles. The molecule has 142 valence electrons. The van der Waals surface area contributed by atoms with Crippen LogP contribution in [0.5, 0.6) is 5.75 Å². The first kappa shape index (κ1) is 17.7. The van der Waals surface area contributed by atoms with Crippen molar-refractivity contribution < 1.29 is 9.47 Å². The summed E-state index contributed by atoms with van der Waals surface area (Å²) >= 11 is 5.44. The lowest BCUT2D eigenvalue weighted by molar-refractivity contribution is -0.212. The number of ether oxygens (including phenoxy) is 2. The monoisotopic (exact) mass is 446 g/mol. The molecule has 5 rings (SSSR count). The average molecular weight is 447 g/mol. The Labute approximate surface area is 172 Å². The van der Waals surface area contributed by atoms with Gasteiger partial charge in [-0.25, -0.2) is 5.01 Å². The van der Waals surface area contributed by atoms with Crippen LogP contribution in [-0.4, -0.2) is 28.7 Å². The Morgan fingerprint density at radius 2 is 2.11 bits per heavy atom. The molecule has 0 amide bonds. The molecule has 0 aliphatic carbocycles. The Balaban J connectivity index is 1.62. The third-order valence-electron chi connectivity index (χ3n) is 5.67. The number of hydrazone groups is 1. The van der Waals surface area contributed by atoms with Gasteiger partial charge in [0.2, 0.25) is 5.72 Å². The average Bonchev–Trinajstić information content (AvgIpc) is 3.22. The van der Waals surface area contributed by atoms with Gasteiger partial charge >= 0.3 is 0 Å². The summed E-state index contributed by atoms with van der Waals surface area (Å²) in [6, 6.07) is 10.9. The largest absolute Gasteiger partial charge is 0.466 e. The molecule has 0 unspecified atom stereocenters. The number of hydrogen-bond acceptors (Lipinski definition) is 5. The minimum Gasteiger partial charge on any atom is -0.466 e. The van der Waals surface area contributed by atoms with Gasteiger partial charge in [0.25, 0.3) is 0 Å². The van der Waals surface area contributed by atoms with E-state index in [1.807, 2.05) is 11.3 Å². The van der Waals surface area contributed by atoms with Gasteiger partial charge in [0.1, 0.15) is 5.75 Å². The summed E-state index contributed by atoms with van der Waals surface area (Å²) in [5, 5.41) is 7.38. The van der Waals surface area contributed by atoms with Crippen molar-refractivity contribution in [3.05, 3.63) is 50.1 Å². The molecular formula is C21H23BrN2O2S. The van der Waals surface area contributed by atoms with E-state index in [4.69, 9.17) is 14.6 Å². The van der Waals surface area contributed by atoms with Crippen LogP contribution < -0.4 is 4.74 Å². The van der Waals surface area contributed by atoms with Crippen molar-refractivity contribution in [1.29, 1.82) is 0 Å². The fraction of sp³-hybridized carbons (Fsp3) is 0.476. The van der Waals surface area contributed by atoms with Gasteiger partial charge in [-0.3, -0.25) is 0 Å². The van der Waals surface area contributed by atoms with Crippen LogP contribution in [0.3, 0.4) is 0 Å². The highest BCUT2D eigenvalue weighted by Gasteiger charge is 2.54. The fourth-order valence-electron chi connectivity index (χ4n) is 4.56. The van der Waals surface area contributed by atoms with E-state index in [9.17, 15) is 0 Å². The zero-order valence-electron chi connectivity index (χ0n) is 15.8. The molecule has 1 fully saturated rings. The molecule has 0 N–H and O–H groups in total. The molecule has 0 bridgehead atoms. The normalized spacial score (nSPS) is 28.5. The van der Waals surface area contributed by atoms with Crippen molar-refractivity contribution in [2.24, 2.45) is 5.10 Å². The van der Waals surface area contributed by atoms with E-state index in [1.54, 1.807) is 0 Å². The van der Waals surface area contributed by atoms with Gasteiger partial charge in [0, 0.05) is 34.2 Å². The minimum atomic E-state index is -0.443. The third-order valence-corrected chi connectivity index (χ3v) is 7.21. The molecule has 1 aromatic carbocycles. The molecule has 27 heavy (non-hydrogen) atoms. The SMILES string of the molecule is Cc1ccc(C2=NN3[C@@H](C2)c2cc(Br)ccc2O[C@@]32CCOC(C)(C)C2)s1. The molecule has 1 saturated heterocycles. The summed E-state index contributed by atoms with van der Waals surface area (Å²) in [4.78, 5) is 2.58. The summed E-state index contributed by atoms with van der Waals surface area (Å²) < 4.78 is 13.8. The van der Waals surface area contributed by atoms with E-state index in [2.05, 4.69) is 72.0 Å². The number of fused-ring (bicyclic) bond motifs is 4. The van der Waals surface area contributed by atoms with Crippen LogP contribution >= 0.6 is 27.3 Å². The molecule has 4 heterocycles. The van der Waals surface area contributed by atoms with E-state index in [1.165, 1.54) is 15.3 Å². The maximum absolute atomic E-state index is 6.68. The number of halogens is 1. The van der Waals surface area contributed by atoms with Crippen LogP contribution in [0.1, 0.15) is 54.5 Å². The molecule has 4 nitrogen and oxygen atoms in total. The van der Waals surface area contributed by atoms with Crippen molar-refractivity contribution in [2.75, 3.05) is 6.61 Å². The Kier molecular flexibility index (Phi) is 3.98. The second-order valence-electron chi connectivity index (χ2n) is 8.29. The number of thiophene rings is 1. The van der Waals surface area contributed by atoms with Gasteiger partial charge in [-0.15, -0.1) is 11.3 Å². The van der Waals surface area contributed by atoms with E-state index in [0.717, 1.165) is 35.2 Å². The van der Waals surface area contributed by atoms with E-state index in [-0.39, 0.29) is 11.6 Å². The molecule has 2 atom stereocenters. The quantitative estimate of drug-likeness (QED) is 0.567. The van der Waals surface area contributed by atoms with Crippen molar-refractivity contribution in [3.63, 3.8) is 0 Å². The number of aryl methyl sites for hydroxylation is 1. The van der Waals surface area contributed by atoms with Crippen molar-refractivity contribution in [3.8, 4) is 5.75 Å². The molecule has 3 aliphatic rings. The first-order valence-corrected chi connectivity index (χ1v) is 11.0. The topological polar surface area (TPSA) is 34.1 Å². The molecule has 6 heteroatoms. The van der Waals surface area contributed by atoms with Crippen LogP contribution in [0.4, 0.5) is 0 Å². The number of nitrogens with zero attached hydrogens (tertiary/aromatic N) is 2. The summed E-state index contributed by atoms with van der Waals surface area (Å²) in [6.07, 6.45) is 2.53. The van der Waals surface area contributed by atoms with Gasteiger partial charge in [0.15, 0.2) is 0 Å². The number of benzene rings is 1. The van der Waals surface area contributed by atoms with Crippen LogP contribution in [0, 0.1) is 6.92 Å². The van der Waals surface area contributed by atoms with E-state index in [0.29, 0.717) is 6.61 Å². The van der Waals surface area contributed by atoms with Crippen LogP contribution in [0.2, 0.25) is 0 Å². The zero-order chi connectivity index (χ0) is 18.8. The summed E-state index contributed by atoms with van der Waals surface area (Å²) in [7, 11) is 0. The standard InChI is InChI=1S/C21H23BrN2O2S/c1-13-4-7-19(27-13)16-11-17-15-10-14(22)5-6-18(15)26-21(24(17)23-16)8-9-25-20(2,3)12-21/h4-7,10,17H,8-9,11-12H2,1-3H3/t17-,21+/m0/s1. The molecule has 2 aromatic rings.